The van der Waals surface area contributed by atoms with Gasteiger partial charge in [0, 0.05) is 16.2 Å². The molecule has 1 aromatic carbocycles. The monoisotopic (exact) mass is 292 g/mol. The number of anilines is 1. The summed E-state index contributed by atoms with van der Waals surface area (Å²) in [6.45, 7) is 2.00. The van der Waals surface area contributed by atoms with E-state index >= 15 is 0 Å². The molecule has 1 atom stereocenters. The van der Waals surface area contributed by atoms with Crippen LogP contribution in [0.5, 0.6) is 5.75 Å². The van der Waals surface area contributed by atoms with Crippen LogP contribution in [0, 0.1) is 0 Å². The number of rotatable bonds is 3. The topological polar surface area (TPSA) is 45.2 Å². The number of pyridine rings is 1. The number of hydrogen-bond acceptors (Lipinski definition) is 3. The molecule has 2 rings (SSSR count). The molecule has 17 heavy (non-hydrogen) atoms. The van der Waals surface area contributed by atoms with Crippen LogP contribution in [0.4, 0.5) is 5.69 Å². The Morgan fingerprint density at radius 3 is 2.76 bits per heavy atom. The van der Waals surface area contributed by atoms with Gasteiger partial charge in [0.1, 0.15) is 5.75 Å². The van der Waals surface area contributed by atoms with E-state index in [1.54, 1.807) is 18.5 Å². The van der Waals surface area contributed by atoms with Gasteiger partial charge in [-0.3, -0.25) is 4.98 Å². The highest BCUT2D eigenvalue weighted by Gasteiger charge is 2.09. The lowest BCUT2D eigenvalue weighted by atomic mass is 10.1. The Balaban J connectivity index is 2.17. The largest absolute Gasteiger partial charge is 0.508 e. The van der Waals surface area contributed by atoms with E-state index in [4.69, 9.17) is 0 Å². The summed E-state index contributed by atoms with van der Waals surface area (Å²) in [6, 6.07) is 9.28. The second kappa shape index (κ2) is 5.19. The molecular formula is C13H13BrN2O. The molecule has 0 saturated carbocycles. The number of hydrogen-bond donors (Lipinski definition) is 2. The highest BCUT2D eigenvalue weighted by Crippen LogP contribution is 2.26. The van der Waals surface area contributed by atoms with Crippen LogP contribution in [-0.4, -0.2) is 10.1 Å². The summed E-state index contributed by atoms with van der Waals surface area (Å²) in [7, 11) is 0. The molecule has 4 heteroatoms. The number of nitrogens with one attached hydrogen (secondary N) is 1. The van der Waals surface area contributed by atoms with E-state index in [-0.39, 0.29) is 6.04 Å². The van der Waals surface area contributed by atoms with Gasteiger partial charge < -0.3 is 10.4 Å². The minimum Gasteiger partial charge on any atom is -0.508 e. The molecule has 2 aromatic rings. The van der Waals surface area contributed by atoms with Crippen LogP contribution in [-0.2, 0) is 0 Å². The second-order valence-electron chi connectivity index (χ2n) is 3.82. The highest BCUT2D eigenvalue weighted by atomic mass is 79.9. The molecule has 0 radical (unpaired) electrons. The lowest BCUT2D eigenvalue weighted by molar-refractivity contribution is 0.465. The zero-order valence-corrected chi connectivity index (χ0v) is 11.0. The first kappa shape index (κ1) is 11.9. The maximum absolute atomic E-state index is 9.75. The highest BCUT2D eigenvalue weighted by molar-refractivity contribution is 9.10. The molecule has 0 aliphatic heterocycles. The molecule has 88 valence electrons. The average molecular weight is 293 g/mol. The number of nitrogens with zero attached hydrogens (tertiary/aromatic N) is 1. The van der Waals surface area contributed by atoms with Crippen molar-refractivity contribution in [2.75, 3.05) is 5.32 Å². The van der Waals surface area contributed by atoms with Gasteiger partial charge in [-0.2, -0.15) is 0 Å². The van der Waals surface area contributed by atoms with Gasteiger partial charge in [-0.15, -0.1) is 0 Å². The molecule has 2 N–H and O–H groups in total. The number of aromatic hydroxyl groups is 1. The van der Waals surface area contributed by atoms with Crippen LogP contribution in [0.15, 0.2) is 47.2 Å². The summed E-state index contributed by atoms with van der Waals surface area (Å²) in [5.41, 5.74) is 1.78. The molecule has 1 aromatic heterocycles. The number of phenolic OH excluding ortho intramolecular Hbond substituents is 1. The molecule has 0 fully saturated rings. The third-order valence-corrected chi connectivity index (χ3v) is 2.92. The van der Waals surface area contributed by atoms with Crippen molar-refractivity contribution in [3.05, 3.63) is 52.8 Å². The van der Waals surface area contributed by atoms with Gasteiger partial charge >= 0.3 is 0 Å². The maximum atomic E-state index is 9.75. The Morgan fingerprint density at radius 1 is 1.29 bits per heavy atom. The third-order valence-electron chi connectivity index (χ3n) is 2.49. The molecule has 0 aliphatic carbocycles. The fourth-order valence-electron chi connectivity index (χ4n) is 1.67. The zero-order valence-electron chi connectivity index (χ0n) is 9.39. The predicted octanol–water partition coefficient (Wildman–Crippen LogP) is 3.72. The molecule has 1 heterocycles. The number of para-hydroxylation sites is 1. The second-order valence-corrected chi connectivity index (χ2v) is 4.73. The number of benzene rings is 1. The van der Waals surface area contributed by atoms with Gasteiger partial charge in [0.05, 0.1) is 17.9 Å². The van der Waals surface area contributed by atoms with E-state index in [1.807, 2.05) is 31.2 Å². The van der Waals surface area contributed by atoms with Crippen molar-refractivity contribution in [3.8, 4) is 5.75 Å². The predicted molar refractivity (Wildman–Crippen MR) is 72.1 cm³/mol. The standard InChI is InChI=1S/C13H13BrN2O/c1-9(12-4-2-3-5-13(12)17)16-11-6-10(14)7-15-8-11/h2-9,16-17H,1H3. The summed E-state index contributed by atoms with van der Waals surface area (Å²) in [5.74, 6) is 0.301. The maximum Gasteiger partial charge on any atom is 0.120 e. The van der Waals surface area contributed by atoms with Crippen LogP contribution in [0.25, 0.3) is 0 Å². The Hall–Kier alpha value is -1.55. The van der Waals surface area contributed by atoms with Gasteiger partial charge in [-0.05, 0) is 35.0 Å². The van der Waals surface area contributed by atoms with Crippen LogP contribution >= 0.6 is 15.9 Å². The third kappa shape index (κ3) is 2.97. The van der Waals surface area contributed by atoms with Crippen molar-refractivity contribution in [2.45, 2.75) is 13.0 Å². The Bertz CT molecular complexity index is 516. The van der Waals surface area contributed by atoms with E-state index in [9.17, 15) is 5.11 Å². The van der Waals surface area contributed by atoms with E-state index in [0.29, 0.717) is 5.75 Å². The number of aromatic nitrogens is 1. The quantitative estimate of drug-likeness (QED) is 0.906. The fraction of sp³-hybridized carbons (Fsp3) is 0.154. The Kier molecular flexibility index (Phi) is 3.64. The first-order valence-electron chi connectivity index (χ1n) is 5.32. The van der Waals surface area contributed by atoms with Gasteiger partial charge in [0.15, 0.2) is 0 Å². The molecule has 1 unspecified atom stereocenters. The molecule has 0 bridgehead atoms. The first-order chi connectivity index (χ1) is 8.16. The summed E-state index contributed by atoms with van der Waals surface area (Å²) in [4.78, 5) is 4.08. The summed E-state index contributed by atoms with van der Waals surface area (Å²) in [6.07, 6.45) is 3.48. The van der Waals surface area contributed by atoms with E-state index in [0.717, 1.165) is 15.7 Å². The smallest absolute Gasteiger partial charge is 0.120 e. The minimum absolute atomic E-state index is 0.0206. The van der Waals surface area contributed by atoms with Crippen LogP contribution in [0.2, 0.25) is 0 Å². The zero-order chi connectivity index (χ0) is 12.3. The summed E-state index contributed by atoms with van der Waals surface area (Å²) < 4.78 is 0.923. The molecule has 0 saturated heterocycles. The fourth-order valence-corrected chi connectivity index (χ4v) is 2.04. The van der Waals surface area contributed by atoms with Crippen molar-refractivity contribution in [1.29, 1.82) is 0 Å². The van der Waals surface area contributed by atoms with Crippen molar-refractivity contribution in [3.63, 3.8) is 0 Å². The molecule has 3 nitrogen and oxygen atoms in total. The van der Waals surface area contributed by atoms with Gasteiger partial charge in [0.25, 0.3) is 0 Å². The lowest BCUT2D eigenvalue weighted by Crippen LogP contribution is -2.06. The van der Waals surface area contributed by atoms with Crippen LogP contribution < -0.4 is 5.32 Å². The first-order valence-corrected chi connectivity index (χ1v) is 6.11. The van der Waals surface area contributed by atoms with E-state index in [1.165, 1.54) is 0 Å². The van der Waals surface area contributed by atoms with E-state index in [2.05, 4.69) is 26.2 Å². The number of halogens is 1. The van der Waals surface area contributed by atoms with Gasteiger partial charge in [-0.25, -0.2) is 0 Å². The van der Waals surface area contributed by atoms with Crippen molar-refractivity contribution < 1.29 is 5.11 Å². The molecule has 0 amide bonds. The molecular weight excluding hydrogens is 280 g/mol. The number of phenols is 1. The van der Waals surface area contributed by atoms with Gasteiger partial charge in [0.2, 0.25) is 0 Å². The van der Waals surface area contributed by atoms with Crippen molar-refractivity contribution in [1.82, 2.24) is 4.98 Å². The van der Waals surface area contributed by atoms with Crippen LogP contribution in [0.3, 0.4) is 0 Å². The Labute approximate surface area is 109 Å². The Morgan fingerprint density at radius 2 is 2.06 bits per heavy atom. The minimum atomic E-state index is 0.0206. The molecule has 0 spiro atoms. The van der Waals surface area contributed by atoms with Crippen molar-refractivity contribution in [2.24, 2.45) is 0 Å². The normalized spacial score (nSPS) is 12.1. The van der Waals surface area contributed by atoms with Gasteiger partial charge in [-0.1, -0.05) is 18.2 Å². The average Bonchev–Trinajstić information content (AvgIpc) is 2.29. The molecule has 0 aliphatic rings. The lowest BCUT2D eigenvalue weighted by Gasteiger charge is -2.16. The summed E-state index contributed by atoms with van der Waals surface area (Å²) >= 11 is 3.37. The van der Waals surface area contributed by atoms with E-state index < -0.39 is 0 Å². The van der Waals surface area contributed by atoms with Crippen LogP contribution in [0.1, 0.15) is 18.5 Å². The SMILES string of the molecule is CC(Nc1cncc(Br)c1)c1ccccc1O. The van der Waals surface area contributed by atoms with Crippen molar-refractivity contribution >= 4 is 21.6 Å². The summed E-state index contributed by atoms with van der Waals surface area (Å²) in [5, 5.41) is 13.0.